The van der Waals surface area contributed by atoms with Gasteiger partial charge in [-0.25, -0.2) is 0 Å². The molecule has 0 saturated carbocycles. The molecule has 1 fully saturated rings. The Balaban J connectivity index is 2.12. The highest BCUT2D eigenvalue weighted by Crippen LogP contribution is 2.17. The summed E-state index contributed by atoms with van der Waals surface area (Å²) in [5.74, 6) is 0. The van der Waals surface area contributed by atoms with Gasteiger partial charge in [-0.15, -0.1) is 0 Å². The zero-order chi connectivity index (χ0) is 10.5. The molecule has 2 rings (SSSR count). The summed E-state index contributed by atoms with van der Waals surface area (Å²) in [7, 11) is 0. The van der Waals surface area contributed by atoms with Crippen molar-refractivity contribution in [1.82, 2.24) is 0 Å². The predicted octanol–water partition coefficient (Wildman–Crippen LogP) is 1.26. The third-order valence-electron chi connectivity index (χ3n) is 2.61. The number of aldehydes is 1. The van der Waals surface area contributed by atoms with Crippen LogP contribution in [-0.2, 0) is 16.0 Å². The molecule has 3 heteroatoms. The summed E-state index contributed by atoms with van der Waals surface area (Å²) in [6, 6.07) is 8.15. The van der Waals surface area contributed by atoms with E-state index < -0.39 is 0 Å². The molecule has 0 radical (unpaired) electrons. The monoisotopic (exact) mass is 205 g/mol. The Morgan fingerprint density at radius 1 is 1.33 bits per heavy atom. The Labute approximate surface area is 89.7 Å². The lowest BCUT2D eigenvalue weighted by Crippen LogP contribution is -2.36. The summed E-state index contributed by atoms with van der Waals surface area (Å²) in [5.41, 5.74) is 2.27. The summed E-state index contributed by atoms with van der Waals surface area (Å²) in [6.07, 6.45) is 1.44. The molecule has 0 N–H and O–H groups in total. The number of anilines is 1. The van der Waals surface area contributed by atoms with Gasteiger partial charge in [0.15, 0.2) is 0 Å². The Hall–Kier alpha value is -1.35. The Morgan fingerprint density at radius 3 is 2.87 bits per heavy atom. The molecule has 1 aromatic carbocycles. The molecule has 0 bridgehead atoms. The first-order valence-electron chi connectivity index (χ1n) is 5.25. The van der Waals surface area contributed by atoms with Crippen LogP contribution in [0.5, 0.6) is 0 Å². The second-order valence-corrected chi connectivity index (χ2v) is 3.64. The van der Waals surface area contributed by atoms with Crippen molar-refractivity contribution in [3.63, 3.8) is 0 Å². The lowest BCUT2D eigenvalue weighted by atomic mass is 10.1. The van der Waals surface area contributed by atoms with Crippen LogP contribution in [-0.4, -0.2) is 32.6 Å². The number of rotatable bonds is 3. The molecule has 1 aliphatic rings. The van der Waals surface area contributed by atoms with Crippen molar-refractivity contribution in [1.29, 1.82) is 0 Å². The van der Waals surface area contributed by atoms with Gasteiger partial charge in [0.1, 0.15) is 6.29 Å². The number of carbonyl (C=O) groups excluding carboxylic acids is 1. The van der Waals surface area contributed by atoms with Crippen molar-refractivity contribution in [2.24, 2.45) is 0 Å². The summed E-state index contributed by atoms with van der Waals surface area (Å²) in [5, 5.41) is 0. The van der Waals surface area contributed by atoms with Crippen molar-refractivity contribution in [2.45, 2.75) is 6.42 Å². The molecular weight excluding hydrogens is 190 g/mol. The molecule has 15 heavy (non-hydrogen) atoms. The lowest BCUT2D eigenvalue weighted by Gasteiger charge is -2.29. The molecule has 0 spiro atoms. The van der Waals surface area contributed by atoms with Gasteiger partial charge in [0.25, 0.3) is 0 Å². The molecule has 0 unspecified atom stereocenters. The molecule has 1 aliphatic heterocycles. The van der Waals surface area contributed by atoms with E-state index in [1.165, 1.54) is 5.69 Å². The van der Waals surface area contributed by atoms with Crippen molar-refractivity contribution < 1.29 is 9.53 Å². The highest BCUT2D eigenvalue weighted by atomic mass is 16.5. The molecule has 0 aromatic heterocycles. The van der Waals surface area contributed by atoms with Crippen molar-refractivity contribution in [2.75, 3.05) is 31.2 Å². The smallest absolute Gasteiger partial charge is 0.124 e. The van der Waals surface area contributed by atoms with Crippen LogP contribution < -0.4 is 4.90 Å². The van der Waals surface area contributed by atoms with E-state index in [0.717, 1.165) is 38.2 Å². The van der Waals surface area contributed by atoms with E-state index in [2.05, 4.69) is 17.0 Å². The number of carbonyl (C=O) groups is 1. The molecule has 0 amide bonds. The summed E-state index contributed by atoms with van der Waals surface area (Å²) >= 11 is 0. The van der Waals surface area contributed by atoms with E-state index in [1.54, 1.807) is 0 Å². The fraction of sp³-hybridized carbons (Fsp3) is 0.417. The molecule has 0 aliphatic carbocycles. The summed E-state index contributed by atoms with van der Waals surface area (Å²) < 4.78 is 5.30. The minimum Gasteiger partial charge on any atom is -0.378 e. The Kier molecular flexibility index (Phi) is 3.35. The number of morpholine rings is 1. The molecule has 80 valence electrons. The molecule has 1 heterocycles. The van der Waals surface area contributed by atoms with Crippen LogP contribution in [0.2, 0.25) is 0 Å². The minimum atomic E-state index is 0.498. The van der Waals surface area contributed by atoms with E-state index in [-0.39, 0.29) is 0 Å². The lowest BCUT2D eigenvalue weighted by molar-refractivity contribution is -0.107. The van der Waals surface area contributed by atoms with Crippen LogP contribution in [0.15, 0.2) is 24.3 Å². The Morgan fingerprint density at radius 2 is 2.13 bits per heavy atom. The number of ether oxygens (including phenoxy) is 1. The maximum absolute atomic E-state index is 10.4. The maximum Gasteiger partial charge on any atom is 0.124 e. The van der Waals surface area contributed by atoms with Crippen LogP contribution in [0.3, 0.4) is 0 Å². The van der Waals surface area contributed by atoms with Crippen LogP contribution in [0.25, 0.3) is 0 Å². The van der Waals surface area contributed by atoms with E-state index in [4.69, 9.17) is 4.74 Å². The maximum atomic E-state index is 10.4. The van der Waals surface area contributed by atoms with Gasteiger partial charge in [0.05, 0.1) is 13.2 Å². The Bertz CT molecular complexity index is 332. The fourth-order valence-corrected chi connectivity index (χ4v) is 1.80. The van der Waals surface area contributed by atoms with Gasteiger partial charge < -0.3 is 14.4 Å². The van der Waals surface area contributed by atoms with E-state index in [9.17, 15) is 4.79 Å². The van der Waals surface area contributed by atoms with Gasteiger partial charge in [-0.2, -0.15) is 0 Å². The van der Waals surface area contributed by atoms with Crippen LogP contribution in [0.1, 0.15) is 5.56 Å². The molecule has 3 nitrogen and oxygen atoms in total. The van der Waals surface area contributed by atoms with Gasteiger partial charge in [-0.05, 0) is 17.7 Å². The topological polar surface area (TPSA) is 29.5 Å². The second-order valence-electron chi connectivity index (χ2n) is 3.64. The van der Waals surface area contributed by atoms with Crippen molar-refractivity contribution >= 4 is 12.0 Å². The van der Waals surface area contributed by atoms with Crippen molar-refractivity contribution in [3.8, 4) is 0 Å². The quantitative estimate of drug-likeness (QED) is 0.696. The SMILES string of the molecule is O=CCc1cccc(N2CCOCC2)c1. The second kappa shape index (κ2) is 4.94. The zero-order valence-corrected chi connectivity index (χ0v) is 8.69. The summed E-state index contributed by atoms with van der Waals surface area (Å²) in [4.78, 5) is 12.7. The largest absolute Gasteiger partial charge is 0.378 e. The van der Waals surface area contributed by atoms with Crippen LogP contribution in [0, 0.1) is 0 Å². The van der Waals surface area contributed by atoms with Crippen LogP contribution >= 0.6 is 0 Å². The van der Waals surface area contributed by atoms with Gasteiger partial charge in [0, 0.05) is 25.2 Å². The zero-order valence-electron chi connectivity index (χ0n) is 8.69. The molecule has 1 aromatic rings. The van der Waals surface area contributed by atoms with Gasteiger partial charge >= 0.3 is 0 Å². The predicted molar refractivity (Wildman–Crippen MR) is 59.2 cm³/mol. The summed E-state index contributed by atoms with van der Waals surface area (Å²) in [6.45, 7) is 3.45. The normalized spacial score (nSPS) is 16.4. The standard InChI is InChI=1S/C12H15NO2/c14-7-4-11-2-1-3-12(10-11)13-5-8-15-9-6-13/h1-3,7,10H,4-6,8-9H2. The number of benzene rings is 1. The van der Waals surface area contributed by atoms with Gasteiger partial charge in [-0.3, -0.25) is 0 Å². The molecule has 1 saturated heterocycles. The first kappa shape index (κ1) is 10.2. The third kappa shape index (κ3) is 2.57. The average molecular weight is 205 g/mol. The third-order valence-corrected chi connectivity index (χ3v) is 2.61. The van der Waals surface area contributed by atoms with E-state index >= 15 is 0 Å². The van der Waals surface area contributed by atoms with Crippen LogP contribution in [0.4, 0.5) is 5.69 Å². The number of hydrogen-bond acceptors (Lipinski definition) is 3. The number of nitrogens with zero attached hydrogens (tertiary/aromatic N) is 1. The fourth-order valence-electron chi connectivity index (χ4n) is 1.80. The first-order chi connectivity index (χ1) is 7.40. The molecule has 0 atom stereocenters. The highest BCUT2D eigenvalue weighted by molar-refractivity contribution is 5.58. The van der Waals surface area contributed by atoms with Gasteiger partial charge in [-0.1, -0.05) is 12.1 Å². The average Bonchev–Trinajstić information content (AvgIpc) is 2.31. The van der Waals surface area contributed by atoms with Crippen molar-refractivity contribution in [3.05, 3.63) is 29.8 Å². The minimum absolute atomic E-state index is 0.498. The number of hydrogen-bond donors (Lipinski definition) is 0. The first-order valence-corrected chi connectivity index (χ1v) is 5.25. The highest BCUT2D eigenvalue weighted by Gasteiger charge is 2.10. The van der Waals surface area contributed by atoms with E-state index in [1.807, 2.05) is 12.1 Å². The molecular formula is C12H15NO2. The van der Waals surface area contributed by atoms with E-state index in [0.29, 0.717) is 6.42 Å². The van der Waals surface area contributed by atoms with Gasteiger partial charge in [0.2, 0.25) is 0 Å².